The fraction of sp³-hybridized carbons (Fsp3) is 0.429. The predicted molar refractivity (Wildman–Crippen MR) is 120 cm³/mol. The van der Waals surface area contributed by atoms with Gasteiger partial charge in [0.15, 0.2) is 9.84 Å². The highest BCUT2D eigenvalue weighted by Gasteiger charge is 2.40. The van der Waals surface area contributed by atoms with Crippen LogP contribution in [0.2, 0.25) is 0 Å². The average molecular weight is 462 g/mol. The number of anilines is 1. The smallest absolute Gasteiger partial charge is 0.276 e. The Morgan fingerprint density at radius 2 is 2.12 bits per heavy atom. The summed E-state index contributed by atoms with van der Waals surface area (Å²) >= 11 is 0. The fourth-order valence-corrected chi connectivity index (χ4v) is 4.96. The zero-order chi connectivity index (χ0) is 23.7. The summed E-state index contributed by atoms with van der Waals surface area (Å²) in [5.74, 6) is -0.520. The summed E-state index contributed by atoms with van der Waals surface area (Å²) in [6, 6.07) is 5.09. The van der Waals surface area contributed by atoms with Crippen LogP contribution < -0.4 is 20.5 Å². The van der Waals surface area contributed by atoms with Gasteiger partial charge in [-0.1, -0.05) is 0 Å². The number of nitrogens with one attached hydrogen (secondary N) is 2. The molecule has 2 aromatic rings. The number of carbonyl (C=O) groups is 1. The minimum Gasteiger partial charge on any atom is -0.493 e. The van der Waals surface area contributed by atoms with Gasteiger partial charge >= 0.3 is 0 Å². The fourth-order valence-electron chi connectivity index (χ4n) is 3.33. The van der Waals surface area contributed by atoms with Crippen LogP contribution in [0.4, 0.5) is 5.69 Å². The zero-order valence-electron chi connectivity index (χ0n) is 18.4. The van der Waals surface area contributed by atoms with Gasteiger partial charge < -0.3 is 20.5 Å². The Morgan fingerprint density at radius 1 is 1.41 bits per heavy atom. The van der Waals surface area contributed by atoms with E-state index in [1.54, 1.807) is 25.1 Å². The van der Waals surface area contributed by atoms with Crippen LogP contribution in [0.3, 0.4) is 0 Å². The Labute approximate surface area is 187 Å². The molecule has 11 heteroatoms. The Balaban J connectivity index is 1.86. The summed E-state index contributed by atoms with van der Waals surface area (Å²) in [6.07, 6.45) is 1.85. The number of aromatic nitrogens is 2. The lowest BCUT2D eigenvalue weighted by atomic mass is 9.94. The first-order chi connectivity index (χ1) is 15.0. The molecule has 0 saturated heterocycles. The van der Waals surface area contributed by atoms with Crippen molar-refractivity contribution in [2.75, 3.05) is 24.8 Å². The zero-order valence-corrected chi connectivity index (χ0v) is 19.2. The van der Waals surface area contributed by atoms with Crippen LogP contribution in [-0.4, -0.2) is 54.3 Å². The van der Waals surface area contributed by atoms with Crippen LogP contribution in [0.1, 0.15) is 47.9 Å². The molecule has 0 fully saturated rings. The van der Waals surface area contributed by atoms with E-state index >= 15 is 0 Å². The van der Waals surface area contributed by atoms with Crippen molar-refractivity contribution in [2.45, 2.75) is 37.9 Å². The first-order valence-electron chi connectivity index (χ1n) is 9.99. The molecule has 0 radical (unpaired) electrons. The van der Waals surface area contributed by atoms with E-state index in [0.29, 0.717) is 41.6 Å². The third kappa shape index (κ3) is 4.52. The van der Waals surface area contributed by atoms with E-state index in [1.807, 2.05) is 0 Å². The maximum Gasteiger partial charge on any atom is 0.276 e. The molecule has 0 saturated carbocycles. The average Bonchev–Trinajstić information content (AvgIpc) is 2.73. The lowest BCUT2D eigenvalue weighted by Crippen LogP contribution is -2.47. The van der Waals surface area contributed by atoms with E-state index in [9.17, 15) is 13.2 Å². The Kier molecular flexibility index (Phi) is 6.40. The molecular weight excluding hydrogens is 434 g/mol. The molecule has 4 N–H and O–H groups in total. The molecule has 1 aromatic heterocycles. The lowest BCUT2D eigenvalue weighted by molar-refractivity contribution is 0.102. The molecular formula is C21H27N5O5S. The SMILES string of the molecule is COc1cnc(C(=O)Nc2ccc3c(c2)C(CS(=O)(=O)C(C)(C)C(=N)N)CCO3)c(C)n1. The van der Waals surface area contributed by atoms with E-state index in [4.69, 9.17) is 20.6 Å². The second kappa shape index (κ2) is 8.73. The van der Waals surface area contributed by atoms with Gasteiger partial charge in [0.1, 0.15) is 22.0 Å². The number of rotatable bonds is 7. The third-order valence-corrected chi connectivity index (χ3v) is 8.24. The topological polar surface area (TPSA) is 157 Å². The maximum absolute atomic E-state index is 13.0. The Hall–Kier alpha value is -3.21. The predicted octanol–water partition coefficient (Wildman–Crippen LogP) is 2.04. The summed E-state index contributed by atoms with van der Waals surface area (Å²) in [7, 11) is -2.25. The number of benzene rings is 1. The standard InChI is InChI=1S/C21H27N5O5S/c1-12-18(24-10-17(25-12)30-4)19(27)26-14-5-6-16-15(9-14)13(7-8-31-16)11-32(28,29)21(2,3)20(22)23/h5-6,9-10,13H,7-8,11H2,1-4H3,(H3,22,23)(H,26,27). The minimum absolute atomic E-state index is 0.155. The molecule has 1 aliphatic rings. The second-order valence-electron chi connectivity index (χ2n) is 8.09. The molecule has 10 nitrogen and oxygen atoms in total. The van der Waals surface area contributed by atoms with Crippen LogP contribution in [0.15, 0.2) is 24.4 Å². The summed E-state index contributed by atoms with van der Waals surface area (Å²) in [6.45, 7) is 4.89. The van der Waals surface area contributed by atoms with Gasteiger partial charge in [-0.3, -0.25) is 10.2 Å². The quantitative estimate of drug-likeness (QED) is 0.417. The number of hydrogen-bond donors (Lipinski definition) is 3. The number of amides is 1. The maximum atomic E-state index is 13.0. The number of amidine groups is 1. The van der Waals surface area contributed by atoms with Gasteiger partial charge in [0, 0.05) is 17.2 Å². The third-order valence-electron chi connectivity index (χ3n) is 5.63. The molecule has 3 rings (SSSR count). The number of carbonyl (C=O) groups excluding carboxylic acids is 1. The molecule has 0 spiro atoms. The normalized spacial score (nSPS) is 15.9. The summed E-state index contributed by atoms with van der Waals surface area (Å²) in [4.78, 5) is 21.0. The number of ether oxygens (including phenoxy) is 2. The highest BCUT2D eigenvalue weighted by molar-refractivity contribution is 7.93. The number of fused-ring (bicyclic) bond motifs is 1. The number of aryl methyl sites for hydroxylation is 1. The van der Waals surface area contributed by atoms with Crippen molar-refractivity contribution in [3.8, 4) is 11.6 Å². The van der Waals surface area contributed by atoms with Gasteiger partial charge in [-0.25, -0.2) is 18.4 Å². The van der Waals surface area contributed by atoms with E-state index in [0.717, 1.165) is 0 Å². The van der Waals surface area contributed by atoms with Gasteiger partial charge in [0.25, 0.3) is 5.91 Å². The first kappa shape index (κ1) is 23.5. The van der Waals surface area contributed by atoms with E-state index < -0.39 is 26.3 Å². The van der Waals surface area contributed by atoms with Gasteiger partial charge in [-0.2, -0.15) is 0 Å². The molecule has 0 aliphatic carbocycles. The molecule has 1 atom stereocenters. The van der Waals surface area contributed by atoms with Crippen LogP contribution in [0.5, 0.6) is 11.6 Å². The highest BCUT2D eigenvalue weighted by Crippen LogP contribution is 2.38. The van der Waals surface area contributed by atoms with Crippen LogP contribution in [0, 0.1) is 12.3 Å². The number of sulfone groups is 1. The van der Waals surface area contributed by atoms with Crippen molar-refractivity contribution >= 4 is 27.3 Å². The van der Waals surface area contributed by atoms with Crippen molar-refractivity contribution in [3.05, 3.63) is 41.3 Å². The van der Waals surface area contributed by atoms with Crippen molar-refractivity contribution in [3.63, 3.8) is 0 Å². The van der Waals surface area contributed by atoms with Crippen molar-refractivity contribution in [1.82, 2.24) is 9.97 Å². The van der Waals surface area contributed by atoms with E-state index in [1.165, 1.54) is 27.2 Å². The van der Waals surface area contributed by atoms with Crippen molar-refractivity contribution < 1.29 is 22.7 Å². The van der Waals surface area contributed by atoms with Crippen LogP contribution >= 0.6 is 0 Å². The number of hydrogen-bond acceptors (Lipinski definition) is 8. The van der Waals surface area contributed by atoms with E-state index in [-0.39, 0.29) is 17.4 Å². The van der Waals surface area contributed by atoms with Crippen molar-refractivity contribution in [2.24, 2.45) is 5.73 Å². The van der Waals surface area contributed by atoms with E-state index in [2.05, 4.69) is 15.3 Å². The minimum atomic E-state index is -3.72. The summed E-state index contributed by atoms with van der Waals surface area (Å²) in [5.41, 5.74) is 7.26. The largest absolute Gasteiger partial charge is 0.493 e. The number of methoxy groups -OCH3 is 1. The molecule has 2 heterocycles. The molecule has 0 bridgehead atoms. The molecule has 32 heavy (non-hydrogen) atoms. The Morgan fingerprint density at radius 3 is 2.75 bits per heavy atom. The number of nitrogens with zero attached hydrogens (tertiary/aromatic N) is 2. The highest BCUT2D eigenvalue weighted by atomic mass is 32.2. The second-order valence-corrected chi connectivity index (χ2v) is 10.7. The van der Waals surface area contributed by atoms with Crippen LogP contribution in [0.25, 0.3) is 0 Å². The Bertz CT molecular complexity index is 1160. The lowest BCUT2D eigenvalue weighted by Gasteiger charge is -2.30. The van der Waals surface area contributed by atoms with Gasteiger partial charge in [0.05, 0.1) is 31.4 Å². The van der Waals surface area contributed by atoms with Crippen molar-refractivity contribution in [1.29, 1.82) is 5.41 Å². The van der Waals surface area contributed by atoms with Crippen LogP contribution in [-0.2, 0) is 9.84 Å². The summed E-state index contributed by atoms with van der Waals surface area (Å²) < 4.78 is 35.1. The molecule has 1 amide bonds. The molecule has 1 unspecified atom stereocenters. The van der Waals surface area contributed by atoms with Gasteiger partial charge in [0.2, 0.25) is 5.88 Å². The van der Waals surface area contributed by atoms with Gasteiger partial charge in [-0.05, 0) is 45.4 Å². The first-order valence-corrected chi connectivity index (χ1v) is 11.6. The molecule has 1 aromatic carbocycles. The monoisotopic (exact) mass is 461 g/mol. The number of nitrogens with two attached hydrogens (primary N) is 1. The molecule has 1 aliphatic heterocycles. The molecule has 172 valence electrons. The van der Waals surface area contributed by atoms with Gasteiger partial charge in [-0.15, -0.1) is 0 Å². The summed E-state index contributed by atoms with van der Waals surface area (Å²) in [5, 5.41) is 10.4.